The average Bonchev–Trinajstić information content (AvgIpc) is 3.26. The highest BCUT2D eigenvalue weighted by atomic mass is 16.5. The molecule has 2 aromatic rings. The fourth-order valence-corrected chi connectivity index (χ4v) is 5.15. The van der Waals surface area contributed by atoms with Crippen LogP contribution in [0.2, 0.25) is 0 Å². The van der Waals surface area contributed by atoms with E-state index in [0.29, 0.717) is 0 Å². The maximum absolute atomic E-state index is 13.5. The first kappa shape index (κ1) is 23.3. The molecule has 3 heterocycles. The van der Waals surface area contributed by atoms with E-state index in [9.17, 15) is 14.4 Å². The zero-order valence-electron chi connectivity index (χ0n) is 20.3. The quantitative estimate of drug-likeness (QED) is 0.660. The van der Waals surface area contributed by atoms with Crippen LogP contribution in [-0.2, 0) is 20.9 Å². The van der Waals surface area contributed by atoms with Crippen LogP contribution in [0.3, 0.4) is 0 Å². The fourth-order valence-electron chi connectivity index (χ4n) is 5.15. The molecule has 3 aliphatic rings. The lowest BCUT2D eigenvalue weighted by Crippen LogP contribution is -2.67. The van der Waals surface area contributed by atoms with E-state index in [4.69, 9.17) is 4.74 Å². The van der Waals surface area contributed by atoms with Crippen molar-refractivity contribution in [1.82, 2.24) is 20.0 Å². The van der Waals surface area contributed by atoms with Crippen molar-refractivity contribution < 1.29 is 19.1 Å². The SMILES string of the molecule is Cc1ccc(N2CCCN3C4C(=O)N(CC(=O)OCc5ccccc5)C(=O)N(C)C4NC23)cc1C. The third kappa shape index (κ3) is 4.26. The van der Waals surface area contributed by atoms with Gasteiger partial charge >= 0.3 is 12.0 Å². The van der Waals surface area contributed by atoms with Gasteiger partial charge in [0.1, 0.15) is 31.6 Å². The van der Waals surface area contributed by atoms with E-state index in [1.807, 2.05) is 30.3 Å². The van der Waals surface area contributed by atoms with Gasteiger partial charge in [0.25, 0.3) is 5.91 Å². The number of amides is 3. The molecule has 0 bridgehead atoms. The van der Waals surface area contributed by atoms with Crippen molar-refractivity contribution in [2.45, 2.75) is 45.4 Å². The second-order valence-electron chi connectivity index (χ2n) is 9.45. The fraction of sp³-hybridized carbons (Fsp3) is 0.423. The maximum Gasteiger partial charge on any atom is 0.328 e. The van der Waals surface area contributed by atoms with Crippen molar-refractivity contribution in [3.8, 4) is 0 Å². The Hall–Kier alpha value is -3.43. The van der Waals surface area contributed by atoms with E-state index in [1.54, 1.807) is 7.05 Å². The smallest absolute Gasteiger partial charge is 0.328 e. The molecule has 0 aliphatic carbocycles. The number of likely N-dealkylation sites (N-methyl/N-ethyl adjacent to an activating group) is 1. The minimum Gasteiger partial charge on any atom is -0.459 e. The first-order valence-electron chi connectivity index (χ1n) is 12.0. The lowest BCUT2D eigenvalue weighted by Gasteiger charge is -2.43. The summed E-state index contributed by atoms with van der Waals surface area (Å²) in [7, 11) is 1.67. The summed E-state index contributed by atoms with van der Waals surface area (Å²) in [5.41, 5.74) is 4.36. The number of fused-ring (bicyclic) bond motifs is 3. The Labute approximate surface area is 205 Å². The van der Waals surface area contributed by atoms with Crippen LogP contribution in [0.5, 0.6) is 0 Å². The van der Waals surface area contributed by atoms with Crippen LogP contribution in [0, 0.1) is 13.8 Å². The Kier molecular flexibility index (Phi) is 6.21. The van der Waals surface area contributed by atoms with Gasteiger partial charge in [0.2, 0.25) is 0 Å². The minimum absolute atomic E-state index is 0.0957. The third-order valence-electron chi connectivity index (χ3n) is 7.22. The summed E-state index contributed by atoms with van der Waals surface area (Å²) in [5.74, 6) is -0.980. The van der Waals surface area contributed by atoms with E-state index in [-0.39, 0.29) is 18.8 Å². The van der Waals surface area contributed by atoms with Crippen LogP contribution in [0.25, 0.3) is 0 Å². The lowest BCUT2D eigenvalue weighted by molar-refractivity contribution is -0.152. The zero-order valence-corrected chi connectivity index (χ0v) is 20.3. The Balaban J connectivity index is 1.32. The number of hydrogen-bond acceptors (Lipinski definition) is 7. The number of nitrogens with one attached hydrogen (secondary N) is 1. The molecule has 3 unspecified atom stereocenters. The van der Waals surface area contributed by atoms with Crippen molar-refractivity contribution in [2.75, 3.05) is 31.6 Å². The predicted octanol–water partition coefficient (Wildman–Crippen LogP) is 2.03. The third-order valence-corrected chi connectivity index (χ3v) is 7.22. The van der Waals surface area contributed by atoms with Crippen molar-refractivity contribution in [3.63, 3.8) is 0 Å². The molecule has 0 saturated carbocycles. The summed E-state index contributed by atoms with van der Waals surface area (Å²) in [6.45, 7) is 5.43. The van der Waals surface area contributed by atoms with Crippen molar-refractivity contribution in [3.05, 3.63) is 65.2 Å². The normalized spacial score (nSPS) is 24.4. The summed E-state index contributed by atoms with van der Waals surface area (Å²) < 4.78 is 5.34. The second kappa shape index (κ2) is 9.31. The molecule has 3 aliphatic heterocycles. The summed E-state index contributed by atoms with van der Waals surface area (Å²) in [6.07, 6.45) is 0.201. The molecule has 1 N–H and O–H groups in total. The minimum atomic E-state index is -0.611. The molecule has 3 saturated heterocycles. The molecule has 0 radical (unpaired) electrons. The van der Waals surface area contributed by atoms with Crippen LogP contribution in [0.1, 0.15) is 23.1 Å². The monoisotopic (exact) mass is 477 g/mol. The Morgan fingerprint density at radius 2 is 1.83 bits per heavy atom. The molecule has 5 rings (SSSR count). The highest BCUT2D eigenvalue weighted by molar-refractivity contribution is 6.02. The number of anilines is 1. The second-order valence-corrected chi connectivity index (χ2v) is 9.45. The van der Waals surface area contributed by atoms with Crippen molar-refractivity contribution >= 4 is 23.6 Å². The Morgan fingerprint density at radius 3 is 2.57 bits per heavy atom. The number of carbonyl (C=O) groups is 3. The van der Waals surface area contributed by atoms with Gasteiger partial charge in [0.05, 0.1) is 0 Å². The maximum atomic E-state index is 13.5. The number of urea groups is 1. The molecule has 35 heavy (non-hydrogen) atoms. The van der Waals surface area contributed by atoms with Crippen LogP contribution in [0.15, 0.2) is 48.5 Å². The Bertz CT molecular complexity index is 1140. The van der Waals surface area contributed by atoms with E-state index in [1.165, 1.54) is 16.0 Å². The number of benzene rings is 2. The summed E-state index contributed by atoms with van der Waals surface area (Å²) in [6, 6.07) is 14.6. The number of aryl methyl sites for hydroxylation is 2. The van der Waals surface area contributed by atoms with Crippen LogP contribution in [-0.4, -0.2) is 77.8 Å². The molecule has 9 nitrogen and oxygen atoms in total. The molecule has 184 valence electrons. The number of rotatable bonds is 5. The predicted molar refractivity (Wildman–Crippen MR) is 130 cm³/mol. The molecule has 2 aromatic carbocycles. The molecule has 3 fully saturated rings. The van der Waals surface area contributed by atoms with Crippen LogP contribution < -0.4 is 10.2 Å². The zero-order chi connectivity index (χ0) is 24.7. The lowest BCUT2D eigenvalue weighted by atomic mass is 10.1. The number of imide groups is 1. The summed E-state index contributed by atoms with van der Waals surface area (Å²) in [4.78, 5) is 46.0. The largest absolute Gasteiger partial charge is 0.459 e. The number of carbonyl (C=O) groups excluding carboxylic acids is 3. The summed E-state index contributed by atoms with van der Waals surface area (Å²) >= 11 is 0. The molecular weight excluding hydrogens is 446 g/mol. The van der Waals surface area contributed by atoms with Gasteiger partial charge in [-0.3, -0.25) is 24.7 Å². The molecule has 0 spiro atoms. The topological polar surface area (TPSA) is 85.4 Å². The Morgan fingerprint density at radius 1 is 1.06 bits per heavy atom. The highest BCUT2D eigenvalue weighted by Gasteiger charge is 2.56. The van der Waals surface area contributed by atoms with Crippen molar-refractivity contribution in [2.24, 2.45) is 0 Å². The van der Waals surface area contributed by atoms with Gasteiger partial charge in [-0.1, -0.05) is 36.4 Å². The van der Waals surface area contributed by atoms with Crippen LogP contribution in [0.4, 0.5) is 10.5 Å². The molecule has 3 amide bonds. The van der Waals surface area contributed by atoms with Gasteiger partial charge in [0.15, 0.2) is 0 Å². The number of hydrogen-bond donors (Lipinski definition) is 1. The van der Waals surface area contributed by atoms with Gasteiger partial charge in [-0.05, 0) is 49.1 Å². The molecule has 9 heteroatoms. The van der Waals surface area contributed by atoms with Gasteiger partial charge in [-0.15, -0.1) is 0 Å². The van der Waals surface area contributed by atoms with E-state index >= 15 is 0 Å². The first-order chi connectivity index (χ1) is 16.8. The summed E-state index contributed by atoms with van der Waals surface area (Å²) in [5, 5.41) is 3.50. The number of ether oxygens (including phenoxy) is 1. The van der Waals surface area contributed by atoms with Crippen LogP contribution >= 0.6 is 0 Å². The average molecular weight is 478 g/mol. The molecular formula is C26H31N5O4. The molecule has 0 aromatic heterocycles. The first-order valence-corrected chi connectivity index (χ1v) is 12.0. The number of esters is 1. The van der Waals surface area contributed by atoms with E-state index in [0.717, 1.165) is 35.7 Å². The van der Waals surface area contributed by atoms with Gasteiger partial charge < -0.3 is 14.5 Å². The van der Waals surface area contributed by atoms with E-state index in [2.05, 4.69) is 47.2 Å². The van der Waals surface area contributed by atoms with Crippen molar-refractivity contribution in [1.29, 1.82) is 0 Å². The van der Waals surface area contributed by atoms with Gasteiger partial charge in [-0.2, -0.15) is 0 Å². The van der Waals surface area contributed by atoms with Gasteiger partial charge in [0, 0.05) is 25.8 Å². The standard InChI is InChI=1S/C26H31N5O4/c1-17-10-11-20(14-18(17)2)29-12-7-13-30-22-23(27-25(29)30)28(3)26(34)31(24(22)33)15-21(32)35-16-19-8-5-4-6-9-19/h4-6,8-11,14,22-23,25,27H,7,12-13,15-16H2,1-3H3. The van der Waals surface area contributed by atoms with Gasteiger partial charge in [-0.25, -0.2) is 4.79 Å². The van der Waals surface area contributed by atoms with E-state index < -0.39 is 30.8 Å². The molecule has 3 atom stereocenters. The highest BCUT2D eigenvalue weighted by Crippen LogP contribution is 2.33. The number of nitrogens with zero attached hydrogens (tertiary/aromatic N) is 4.